The molecule has 0 aromatic carbocycles. The summed E-state index contributed by atoms with van der Waals surface area (Å²) in [7, 11) is 0. The molecule has 0 saturated carbocycles. The molecule has 4 heteroatoms. The van der Waals surface area contributed by atoms with Crippen LogP contribution in [0.5, 0.6) is 0 Å². The standard InChI is InChI=1S/C12H21NO3/c13-7-2-4-8-14-9-5-11-16-12-6-1-3-10-15-12/h12H,1-6,8-11H2. The lowest BCUT2D eigenvalue weighted by atomic mass is 10.2. The molecule has 0 bridgehead atoms. The molecule has 1 atom stereocenters. The summed E-state index contributed by atoms with van der Waals surface area (Å²) >= 11 is 0. The van der Waals surface area contributed by atoms with Crippen molar-refractivity contribution in [1.29, 1.82) is 5.26 Å². The van der Waals surface area contributed by atoms with E-state index in [1.54, 1.807) is 0 Å². The fourth-order valence-corrected chi connectivity index (χ4v) is 1.57. The first-order valence-electron chi connectivity index (χ1n) is 6.11. The van der Waals surface area contributed by atoms with E-state index in [9.17, 15) is 0 Å². The Bertz CT molecular complexity index is 197. The smallest absolute Gasteiger partial charge is 0.157 e. The molecule has 1 heterocycles. The summed E-state index contributed by atoms with van der Waals surface area (Å²) in [4.78, 5) is 0. The highest BCUT2D eigenvalue weighted by Gasteiger charge is 2.13. The number of ether oxygens (including phenoxy) is 3. The van der Waals surface area contributed by atoms with Gasteiger partial charge in [-0.2, -0.15) is 5.26 Å². The molecule has 92 valence electrons. The monoisotopic (exact) mass is 227 g/mol. The minimum absolute atomic E-state index is 0.00680. The highest BCUT2D eigenvalue weighted by atomic mass is 16.7. The fraction of sp³-hybridized carbons (Fsp3) is 0.917. The second-order valence-electron chi connectivity index (χ2n) is 3.89. The minimum Gasteiger partial charge on any atom is -0.381 e. The van der Waals surface area contributed by atoms with Crippen LogP contribution in [0.1, 0.15) is 38.5 Å². The Balaban J connectivity index is 1.79. The number of hydrogen-bond acceptors (Lipinski definition) is 4. The van der Waals surface area contributed by atoms with Gasteiger partial charge in [0.25, 0.3) is 0 Å². The zero-order valence-corrected chi connectivity index (χ0v) is 9.82. The van der Waals surface area contributed by atoms with E-state index in [0.717, 1.165) is 32.3 Å². The summed E-state index contributed by atoms with van der Waals surface area (Å²) in [6, 6.07) is 2.09. The number of unbranched alkanes of at least 4 members (excludes halogenated alkanes) is 1. The van der Waals surface area contributed by atoms with Gasteiger partial charge in [0, 0.05) is 26.2 Å². The van der Waals surface area contributed by atoms with Gasteiger partial charge in [-0.15, -0.1) is 0 Å². The van der Waals surface area contributed by atoms with Crippen molar-refractivity contribution in [2.75, 3.05) is 26.4 Å². The Morgan fingerprint density at radius 3 is 2.81 bits per heavy atom. The van der Waals surface area contributed by atoms with Crippen LogP contribution in [0, 0.1) is 11.3 Å². The predicted octanol–water partition coefficient (Wildman–Crippen LogP) is 2.24. The first-order chi connectivity index (χ1) is 7.93. The first kappa shape index (κ1) is 13.4. The average Bonchev–Trinajstić information content (AvgIpc) is 2.34. The van der Waals surface area contributed by atoms with Gasteiger partial charge in [-0.05, 0) is 32.1 Å². The van der Waals surface area contributed by atoms with E-state index in [1.807, 2.05) is 0 Å². The minimum atomic E-state index is 0.00680. The maximum atomic E-state index is 8.31. The largest absolute Gasteiger partial charge is 0.381 e. The highest BCUT2D eigenvalue weighted by Crippen LogP contribution is 2.13. The molecule has 1 saturated heterocycles. The molecule has 1 unspecified atom stereocenters. The lowest BCUT2D eigenvalue weighted by Crippen LogP contribution is -2.23. The molecule has 16 heavy (non-hydrogen) atoms. The SMILES string of the molecule is N#CCCCOCCCOC1CCCCO1. The first-order valence-corrected chi connectivity index (χ1v) is 6.11. The molecule has 0 aromatic heterocycles. The summed E-state index contributed by atoms with van der Waals surface area (Å²) in [6.07, 6.45) is 5.68. The van der Waals surface area contributed by atoms with Gasteiger partial charge in [-0.3, -0.25) is 0 Å². The van der Waals surface area contributed by atoms with Crippen molar-refractivity contribution >= 4 is 0 Å². The molecule has 0 radical (unpaired) electrons. The Kier molecular flexibility index (Phi) is 8.05. The van der Waals surface area contributed by atoms with E-state index in [-0.39, 0.29) is 6.29 Å². The lowest BCUT2D eigenvalue weighted by Gasteiger charge is -2.22. The normalized spacial score (nSPS) is 20.6. The zero-order valence-electron chi connectivity index (χ0n) is 9.82. The topological polar surface area (TPSA) is 51.5 Å². The van der Waals surface area contributed by atoms with E-state index in [2.05, 4.69) is 6.07 Å². The van der Waals surface area contributed by atoms with Crippen LogP contribution in [0.3, 0.4) is 0 Å². The molecule has 1 rings (SSSR count). The predicted molar refractivity (Wildman–Crippen MR) is 59.8 cm³/mol. The Labute approximate surface area is 97.5 Å². The average molecular weight is 227 g/mol. The Morgan fingerprint density at radius 2 is 2.06 bits per heavy atom. The van der Waals surface area contributed by atoms with Gasteiger partial charge >= 0.3 is 0 Å². The molecule has 0 spiro atoms. The summed E-state index contributed by atoms with van der Waals surface area (Å²) in [6.45, 7) is 2.91. The lowest BCUT2D eigenvalue weighted by molar-refractivity contribution is -0.164. The van der Waals surface area contributed by atoms with Gasteiger partial charge < -0.3 is 14.2 Å². The highest BCUT2D eigenvalue weighted by molar-refractivity contribution is 4.67. The number of nitrogens with zero attached hydrogens (tertiary/aromatic N) is 1. The van der Waals surface area contributed by atoms with Crippen LogP contribution in [0.2, 0.25) is 0 Å². The number of rotatable bonds is 8. The third-order valence-electron chi connectivity index (χ3n) is 2.45. The maximum absolute atomic E-state index is 8.31. The molecular weight excluding hydrogens is 206 g/mol. The molecule has 4 nitrogen and oxygen atoms in total. The second-order valence-corrected chi connectivity index (χ2v) is 3.89. The molecule has 1 aliphatic rings. The summed E-state index contributed by atoms with van der Waals surface area (Å²) < 4.78 is 16.3. The van der Waals surface area contributed by atoms with Crippen LogP contribution in [-0.2, 0) is 14.2 Å². The molecule has 0 N–H and O–H groups in total. The van der Waals surface area contributed by atoms with Crippen molar-refractivity contribution in [3.05, 3.63) is 0 Å². The Hall–Kier alpha value is -0.630. The maximum Gasteiger partial charge on any atom is 0.157 e. The quantitative estimate of drug-likeness (QED) is 0.597. The molecule has 1 aliphatic heterocycles. The van der Waals surface area contributed by atoms with Crippen molar-refractivity contribution in [3.63, 3.8) is 0 Å². The van der Waals surface area contributed by atoms with Crippen LogP contribution in [0.4, 0.5) is 0 Å². The Morgan fingerprint density at radius 1 is 1.19 bits per heavy atom. The van der Waals surface area contributed by atoms with Gasteiger partial charge in [0.05, 0.1) is 12.7 Å². The van der Waals surface area contributed by atoms with Crippen molar-refractivity contribution in [2.24, 2.45) is 0 Å². The van der Waals surface area contributed by atoms with E-state index in [1.165, 1.54) is 6.42 Å². The van der Waals surface area contributed by atoms with Crippen molar-refractivity contribution in [3.8, 4) is 6.07 Å². The third kappa shape index (κ3) is 6.78. The molecule has 0 amide bonds. The van der Waals surface area contributed by atoms with Crippen LogP contribution >= 0.6 is 0 Å². The summed E-state index contributed by atoms with van der Waals surface area (Å²) in [5, 5.41) is 8.31. The molecule has 1 fully saturated rings. The van der Waals surface area contributed by atoms with Crippen LogP contribution in [0.25, 0.3) is 0 Å². The molecular formula is C12H21NO3. The van der Waals surface area contributed by atoms with Crippen molar-refractivity contribution in [1.82, 2.24) is 0 Å². The van der Waals surface area contributed by atoms with E-state index < -0.39 is 0 Å². The van der Waals surface area contributed by atoms with Crippen molar-refractivity contribution in [2.45, 2.75) is 44.8 Å². The van der Waals surface area contributed by atoms with Gasteiger partial charge in [-0.1, -0.05) is 0 Å². The fourth-order valence-electron chi connectivity index (χ4n) is 1.57. The van der Waals surface area contributed by atoms with E-state index in [0.29, 0.717) is 26.2 Å². The summed E-state index contributed by atoms with van der Waals surface area (Å²) in [5.41, 5.74) is 0. The van der Waals surface area contributed by atoms with E-state index >= 15 is 0 Å². The number of hydrogen-bond donors (Lipinski definition) is 0. The van der Waals surface area contributed by atoms with Gasteiger partial charge in [0.1, 0.15) is 0 Å². The van der Waals surface area contributed by atoms with E-state index in [4.69, 9.17) is 19.5 Å². The van der Waals surface area contributed by atoms with Gasteiger partial charge in [0.2, 0.25) is 0 Å². The summed E-state index contributed by atoms with van der Waals surface area (Å²) in [5.74, 6) is 0. The third-order valence-corrected chi connectivity index (χ3v) is 2.45. The molecule has 0 aromatic rings. The van der Waals surface area contributed by atoms with Crippen LogP contribution < -0.4 is 0 Å². The van der Waals surface area contributed by atoms with Crippen LogP contribution in [-0.4, -0.2) is 32.7 Å². The zero-order chi connectivity index (χ0) is 11.5. The van der Waals surface area contributed by atoms with Crippen LogP contribution in [0.15, 0.2) is 0 Å². The van der Waals surface area contributed by atoms with Gasteiger partial charge in [-0.25, -0.2) is 0 Å². The van der Waals surface area contributed by atoms with Gasteiger partial charge in [0.15, 0.2) is 6.29 Å². The molecule has 0 aliphatic carbocycles. The number of nitriles is 1. The van der Waals surface area contributed by atoms with Crippen molar-refractivity contribution < 1.29 is 14.2 Å². The second kappa shape index (κ2) is 9.59.